The monoisotopic (exact) mass is 293 g/mol. The molecule has 2 aromatic carbocycles. The van der Waals surface area contributed by atoms with Crippen molar-refractivity contribution in [2.45, 2.75) is 22.8 Å². The van der Waals surface area contributed by atoms with Crippen LogP contribution in [0.4, 0.5) is 0 Å². The minimum Gasteiger partial charge on any atom is -0.496 e. The molecular formula is C15H16ClNOS. The lowest BCUT2D eigenvalue weighted by Gasteiger charge is -2.16. The molecule has 0 aliphatic carbocycles. The number of benzene rings is 2. The van der Waals surface area contributed by atoms with Crippen LogP contribution in [0, 0.1) is 0 Å². The van der Waals surface area contributed by atoms with Crippen molar-refractivity contribution in [1.82, 2.24) is 0 Å². The maximum Gasteiger partial charge on any atom is 0.124 e. The molecular weight excluding hydrogens is 278 g/mol. The molecule has 0 bridgehead atoms. The van der Waals surface area contributed by atoms with E-state index in [4.69, 9.17) is 22.1 Å². The predicted octanol–water partition coefficient (Wildman–Crippen LogP) is 4.52. The first kappa shape index (κ1) is 14.3. The summed E-state index contributed by atoms with van der Waals surface area (Å²) in [6.07, 6.45) is 0. The van der Waals surface area contributed by atoms with Gasteiger partial charge in [-0.15, -0.1) is 0 Å². The van der Waals surface area contributed by atoms with Gasteiger partial charge in [0.05, 0.1) is 12.1 Å². The van der Waals surface area contributed by atoms with Gasteiger partial charge in [0, 0.05) is 21.4 Å². The summed E-state index contributed by atoms with van der Waals surface area (Å²) < 4.78 is 5.39. The number of ether oxygens (including phenoxy) is 1. The number of hydrogen-bond acceptors (Lipinski definition) is 3. The van der Waals surface area contributed by atoms with E-state index in [1.54, 1.807) is 18.9 Å². The zero-order chi connectivity index (χ0) is 13.8. The van der Waals surface area contributed by atoms with Crippen LogP contribution >= 0.6 is 23.4 Å². The normalized spacial score (nSPS) is 12.2. The average Bonchev–Trinajstić information content (AvgIpc) is 2.40. The fraction of sp³-hybridized carbons (Fsp3) is 0.200. The largest absolute Gasteiger partial charge is 0.496 e. The third kappa shape index (κ3) is 3.24. The standard InChI is InChI=1S/C15H16ClNOS/c1-10(17)15-12(18-2)7-5-9-14(15)19-13-8-4-3-6-11(13)16/h3-10H,17H2,1-2H3/t10-/m0/s1. The summed E-state index contributed by atoms with van der Waals surface area (Å²) in [6, 6.07) is 13.6. The average molecular weight is 294 g/mol. The van der Waals surface area contributed by atoms with Crippen molar-refractivity contribution in [3.8, 4) is 5.75 Å². The molecule has 4 heteroatoms. The number of nitrogens with two attached hydrogens (primary N) is 1. The number of hydrogen-bond donors (Lipinski definition) is 1. The molecule has 2 N–H and O–H groups in total. The molecule has 2 aromatic rings. The fourth-order valence-corrected chi connectivity index (χ4v) is 3.23. The second-order valence-electron chi connectivity index (χ2n) is 4.19. The Morgan fingerprint density at radius 2 is 1.79 bits per heavy atom. The molecule has 1 atom stereocenters. The van der Waals surface area contributed by atoms with Crippen molar-refractivity contribution in [2.24, 2.45) is 5.73 Å². The van der Waals surface area contributed by atoms with E-state index >= 15 is 0 Å². The molecule has 0 heterocycles. The van der Waals surface area contributed by atoms with E-state index in [1.807, 2.05) is 49.4 Å². The van der Waals surface area contributed by atoms with E-state index in [2.05, 4.69) is 0 Å². The summed E-state index contributed by atoms with van der Waals surface area (Å²) in [5, 5.41) is 0.742. The third-order valence-corrected chi connectivity index (χ3v) is 4.35. The van der Waals surface area contributed by atoms with Gasteiger partial charge in [-0.25, -0.2) is 0 Å². The minimum absolute atomic E-state index is 0.0962. The zero-order valence-corrected chi connectivity index (χ0v) is 12.5. The minimum atomic E-state index is -0.0962. The van der Waals surface area contributed by atoms with E-state index in [9.17, 15) is 0 Å². The van der Waals surface area contributed by atoms with Gasteiger partial charge in [-0.3, -0.25) is 0 Å². The van der Waals surface area contributed by atoms with Crippen LogP contribution in [0.3, 0.4) is 0 Å². The van der Waals surface area contributed by atoms with Crippen LogP contribution in [0.15, 0.2) is 52.3 Å². The summed E-state index contributed by atoms with van der Waals surface area (Å²) in [5.41, 5.74) is 7.07. The number of rotatable bonds is 4. The van der Waals surface area contributed by atoms with Crippen LogP contribution in [0.1, 0.15) is 18.5 Å². The van der Waals surface area contributed by atoms with Crippen molar-refractivity contribution in [2.75, 3.05) is 7.11 Å². The van der Waals surface area contributed by atoms with Gasteiger partial charge < -0.3 is 10.5 Å². The van der Waals surface area contributed by atoms with Gasteiger partial charge in [0.25, 0.3) is 0 Å². The summed E-state index contributed by atoms with van der Waals surface area (Å²) in [7, 11) is 1.66. The summed E-state index contributed by atoms with van der Waals surface area (Å²) >= 11 is 7.80. The Kier molecular flexibility index (Phi) is 4.75. The highest BCUT2D eigenvalue weighted by Crippen LogP contribution is 2.39. The topological polar surface area (TPSA) is 35.2 Å². The van der Waals surface area contributed by atoms with Gasteiger partial charge in [0.2, 0.25) is 0 Å². The van der Waals surface area contributed by atoms with E-state index in [0.29, 0.717) is 0 Å². The highest BCUT2D eigenvalue weighted by atomic mass is 35.5. The summed E-state index contributed by atoms with van der Waals surface area (Å²) in [5.74, 6) is 0.812. The highest BCUT2D eigenvalue weighted by molar-refractivity contribution is 7.99. The second kappa shape index (κ2) is 6.33. The summed E-state index contributed by atoms with van der Waals surface area (Å²) in [6.45, 7) is 1.95. The Morgan fingerprint density at radius 3 is 2.42 bits per heavy atom. The smallest absolute Gasteiger partial charge is 0.124 e. The first-order valence-electron chi connectivity index (χ1n) is 5.98. The van der Waals surface area contributed by atoms with E-state index in [0.717, 1.165) is 26.1 Å². The third-order valence-electron chi connectivity index (χ3n) is 2.76. The molecule has 2 rings (SSSR count). The van der Waals surface area contributed by atoms with E-state index < -0.39 is 0 Å². The van der Waals surface area contributed by atoms with Crippen LogP contribution in [-0.2, 0) is 0 Å². The maximum absolute atomic E-state index is 6.20. The van der Waals surface area contributed by atoms with Crippen molar-refractivity contribution < 1.29 is 4.74 Å². The van der Waals surface area contributed by atoms with Gasteiger partial charge in [-0.2, -0.15) is 0 Å². The zero-order valence-electron chi connectivity index (χ0n) is 10.9. The maximum atomic E-state index is 6.20. The molecule has 0 amide bonds. The SMILES string of the molecule is COc1cccc(Sc2ccccc2Cl)c1[C@H](C)N. The molecule has 19 heavy (non-hydrogen) atoms. The lowest BCUT2D eigenvalue weighted by atomic mass is 10.1. The molecule has 0 unspecified atom stereocenters. The van der Waals surface area contributed by atoms with Crippen LogP contribution in [-0.4, -0.2) is 7.11 Å². The van der Waals surface area contributed by atoms with Gasteiger partial charge in [0.15, 0.2) is 0 Å². The molecule has 0 fully saturated rings. The van der Waals surface area contributed by atoms with Gasteiger partial charge in [-0.05, 0) is 31.2 Å². The van der Waals surface area contributed by atoms with Crippen LogP contribution in [0.25, 0.3) is 0 Å². The Morgan fingerprint density at radius 1 is 1.11 bits per heavy atom. The Labute approximate surface area is 122 Å². The quantitative estimate of drug-likeness (QED) is 0.900. The molecule has 0 saturated carbocycles. The Hall–Kier alpha value is -1.16. The van der Waals surface area contributed by atoms with E-state index in [1.165, 1.54) is 0 Å². The molecule has 0 aliphatic heterocycles. The van der Waals surface area contributed by atoms with Crippen LogP contribution in [0.5, 0.6) is 5.75 Å². The Bertz CT molecular complexity index is 572. The van der Waals surface area contributed by atoms with Crippen LogP contribution < -0.4 is 10.5 Å². The van der Waals surface area contributed by atoms with Gasteiger partial charge in [0.1, 0.15) is 5.75 Å². The lowest BCUT2D eigenvalue weighted by molar-refractivity contribution is 0.405. The molecule has 100 valence electrons. The number of methoxy groups -OCH3 is 1. The van der Waals surface area contributed by atoms with Crippen molar-refractivity contribution >= 4 is 23.4 Å². The lowest BCUT2D eigenvalue weighted by Crippen LogP contribution is -2.08. The van der Waals surface area contributed by atoms with Crippen molar-refractivity contribution in [3.63, 3.8) is 0 Å². The summed E-state index contributed by atoms with van der Waals surface area (Å²) in [4.78, 5) is 2.08. The highest BCUT2D eigenvalue weighted by Gasteiger charge is 2.14. The molecule has 0 aliphatic rings. The van der Waals surface area contributed by atoms with E-state index in [-0.39, 0.29) is 6.04 Å². The number of halogens is 1. The van der Waals surface area contributed by atoms with Crippen molar-refractivity contribution in [1.29, 1.82) is 0 Å². The second-order valence-corrected chi connectivity index (χ2v) is 5.68. The molecule has 0 saturated heterocycles. The Balaban J connectivity index is 2.43. The van der Waals surface area contributed by atoms with Crippen LogP contribution in [0.2, 0.25) is 5.02 Å². The first-order chi connectivity index (χ1) is 9.13. The first-order valence-corrected chi connectivity index (χ1v) is 7.17. The predicted molar refractivity (Wildman–Crippen MR) is 81.2 cm³/mol. The molecule has 0 radical (unpaired) electrons. The van der Waals surface area contributed by atoms with Gasteiger partial charge >= 0.3 is 0 Å². The molecule has 0 spiro atoms. The molecule has 0 aromatic heterocycles. The van der Waals surface area contributed by atoms with Gasteiger partial charge in [-0.1, -0.05) is 41.6 Å². The van der Waals surface area contributed by atoms with Crippen molar-refractivity contribution in [3.05, 3.63) is 53.1 Å². The fourth-order valence-electron chi connectivity index (χ4n) is 1.89. The molecule has 2 nitrogen and oxygen atoms in total.